The fourth-order valence-corrected chi connectivity index (χ4v) is 6.32. The highest BCUT2D eigenvalue weighted by molar-refractivity contribution is 7.21. The number of hydrogen-bond acceptors (Lipinski definition) is 3. The third-order valence-electron chi connectivity index (χ3n) is 7.34. The summed E-state index contributed by atoms with van der Waals surface area (Å²) in [5.41, 5.74) is 4.10. The van der Waals surface area contributed by atoms with Crippen LogP contribution in [-0.2, 0) is 12.8 Å². The van der Waals surface area contributed by atoms with Gasteiger partial charge in [-0.05, 0) is 65.6 Å². The van der Waals surface area contributed by atoms with Crippen LogP contribution in [0.25, 0.3) is 21.2 Å². The van der Waals surface area contributed by atoms with Gasteiger partial charge in [0, 0.05) is 18.7 Å². The standard InChI is InChI=1S/C15H16FN.C10H5ClF2OS.C8H16/c1-3-11-7-8-13(10-12(11)4-2)14-6-5-9-17-15(14)16;1-4(14)9-8(11)7-5(12)2-3-6(13)10(7)15-9;1-7-3-5-8(2)6-4-7/h5-10H,3-4H2,1-2H3;2-3H,1H3;7-8H,3-6H2,1-2H3. The van der Waals surface area contributed by atoms with Crippen molar-refractivity contribution in [2.24, 2.45) is 11.8 Å². The van der Waals surface area contributed by atoms with Gasteiger partial charge < -0.3 is 0 Å². The summed E-state index contributed by atoms with van der Waals surface area (Å²) in [4.78, 5) is 15.0. The molecule has 2 nitrogen and oxygen atoms in total. The number of aromatic nitrogens is 1. The van der Waals surface area contributed by atoms with Crippen LogP contribution in [0.15, 0.2) is 48.7 Å². The third kappa shape index (κ3) is 7.94. The van der Waals surface area contributed by atoms with Crippen molar-refractivity contribution in [2.45, 2.75) is 73.1 Å². The zero-order valence-corrected chi connectivity index (χ0v) is 25.4. The molecule has 0 atom stereocenters. The van der Waals surface area contributed by atoms with Crippen LogP contribution in [0.4, 0.5) is 13.2 Å². The zero-order chi connectivity index (χ0) is 29.4. The van der Waals surface area contributed by atoms with E-state index in [0.717, 1.165) is 53.7 Å². The lowest BCUT2D eigenvalue weighted by molar-refractivity contribution is 0.102. The van der Waals surface area contributed by atoms with Gasteiger partial charge in [-0.1, -0.05) is 83.2 Å². The normalized spacial score (nSPS) is 16.5. The molecule has 0 radical (unpaired) electrons. The summed E-state index contributed by atoms with van der Waals surface area (Å²) in [6.45, 7) is 10.3. The van der Waals surface area contributed by atoms with Crippen molar-refractivity contribution in [3.05, 3.63) is 87.3 Å². The summed E-state index contributed by atoms with van der Waals surface area (Å²) in [6.07, 6.45) is 9.35. The van der Waals surface area contributed by atoms with E-state index in [0.29, 0.717) is 5.56 Å². The lowest BCUT2D eigenvalue weighted by Gasteiger charge is -2.22. The first-order valence-electron chi connectivity index (χ1n) is 13.9. The Balaban J connectivity index is 0.000000176. The minimum Gasteiger partial charge on any atom is -0.294 e. The van der Waals surface area contributed by atoms with Gasteiger partial charge in [0.15, 0.2) is 5.78 Å². The Hall–Kier alpha value is -2.70. The number of hydrogen-bond donors (Lipinski definition) is 0. The number of thiophene rings is 1. The van der Waals surface area contributed by atoms with E-state index >= 15 is 0 Å². The number of carbonyl (C=O) groups is 1. The fourth-order valence-electron chi connectivity index (χ4n) is 4.82. The molecular formula is C33H37ClF3NOS. The highest BCUT2D eigenvalue weighted by atomic mass is 35.5. The molecule has 214 valence electrons. The molecule has 0 unspecified atom stereocenters. The van der Waals surface area contributed by atoms with Crippen LogP contribution in [-0.4, -0.2) is 10.8 Å². The molecule has 0 spiro atoms. The number of halogens is 4. The molecule has 1 fully saturated rings. The molecule has 2 aromatic heterocycles. The molecule has 0 saturated heterocycles. The summed E-state index contributed by atoms with van der Waals surface area (Å²) in [5, 5.41) is -0.00799. The molecule has 7 heteroatoms. The Morgan fingerprint density at radius 1 is 0.925 bits per heavy atom. The van der Waals surface area contributed by atoms with Gasteiger partial charge >= 0.3 is 0 Å². The van der Waals surface area contributed by atoms with E-state index < -0.39 is 17.6 Å². The molecule has 0 aliphatic heterocycles. The second-order valence-electron chi connectivity index (χ2n) is 10.4. The Morgan fingerprint density at radius 3 is 2.05 bits per heavy atom. The van der Waals surface area contributed by atoms with Gasteiger partial charge in [-0.15, -0.1) is 11.3 Å². The lowest BCUT2D eigenvalue weighted by atomic mass is 9.84. The van der Waals surface area contributed by atoms with E-state index in [-0.39, 0.29) is 25.8 Å². The monoisotopic (exact) mass is 587 g/mol. The van der Waals surface area contributed by atoms with Crippen LogP contribution < -0.4 is 0 Å². The summed E-state index contributed by atoms with van der Waals surface area (Å²) >= 11 is 6.69. The number of Topliss-reactive ketones (excluding diaryl/α,β-unsaturated/α-hetero) is 1. The van der Waals surface area contributed by atoms with E-state index in [2.05, 4.69) is 44.8 Å². The van der Waals surface area contributed by atoms with E-state index in [1.165, 1.54) is 49.9 Å². The number of aryl methyl sites for hydroxylation is 2. The molecular weight excluding hydrogens is 551 g/mol. The molecule has 0 amide bonds. The van der Waals surface area contributed by atoms with Gasteiger partial charge in [0.1, 0.15) is 11.6 Å². The number of pyridine rings is 1. The third-order valence-corrected chi connectivity index (χ3v) is 9.13. The van der Waals surface area contributed by atoms with Gasteiger partial charge in [-0.2, -0.15) is 4.39 Å². The Labute approximate surface area is 244 Å². The van der Waals surface area contributed by atoms with Crippen molar-refractivity contribution < 1.29 is 18.0 Å². The quantitative estimate of drug-likeness (QED) is 0.175. The first-order valence-corrected chi connectivity index (χ1v) is 15.1. The second kappa shape index (κ2) is 14.8. The predicted octanol–water partition coefficient (Wildman–Crippen LogP) is 10.9. The number of ketones is 1. The minimum atomic E-state index is -0.611. The summed E-state index contributed by atoms with van der Waals surface area (Å²) in [5.74, 6) is 0.169. The summed E-state index contributed by atoms with van der Waals surface area (Å²) < 4.78 is 40.3. The Bertz CT molecular complexity index is 1430. The van der Waals surface area contributed by atoms with E-state index in [1.54, 1.807) is 12.1 Å². The van der Waals surface area contributed by atoms with Gasteiger partial charge in [-0.3, -0.25) is 4.79 Å². The number of carbonyl (C=O) groups excluding carboxylic acids is 1. The lowest BCUT2D eigenvalue weighted by Crippen LogP contribution is -2.08. The molecule has 2 heterocycles. The summed E-state index contributed by atoms with van der Waals surface area (Å²) in [7, 11) is 0. The van der Waals surface area contributed by atoms with E-state index in [9.17, 15) is 18.0 Å². The molecule has 0 N–H and O–H groups in total. The predicted molar refractivity (Wildman–Crippen MR) is 162 cm³/mol. The summed E-state index contributed by atoms with van der Waals surface area (Å²) in [6, 6.07) is 11.7. The largest absolute Gasteiger partial charge is 0.294 e. The molecule has 1 saturated carbocycles. The average Bonchev–Trinajstić information content (AvgIpc) is 3.31. The van der Waals surface area contributed by atoms with Crippen LogP contribution in [0.2, 0.25) is 5.02 Å². The molecule has 5 rings (SSSR count). The fraction of sp³-hybridized carbons (Fsp3) is 0.394. The van der Waals surface area contributed by atoms with Crippen molar-refractivity contribution in [1.29, 1.82) is 0 Å². The molecule has 0 bridgehead atoms. The SMILES string of the molecule is CC(=O)c1sc2c(F)ccc(F)c2c1Cl.CC1CCC(C)CC1.CCc1ccc(-c2cccnc2F)cc1CC. The smallest absolute Gasteiger partial charge is 0.220 e. The number of nitrogens with zero attached hydrogens (tertiary/aromatic N) is 1. The molecule has 40 heavy (non-hydrogen) atoms. The van der Waals surface area contributed by atoms with Gasteiger partial charge in [-0.25, -0.2) is 13.8 Å². The number of fused-ring (bicyclic) bond motifs is 1. The van der Waals surface area contributed by atoms with E-state index in [1.807, 2.05) is 6.07 Å². The van der Waals surface area contributed by atoms with Crippen molar-refractivity contribution >= 4 is 38.8 Å². The first-order chi connectivity index (χ1) is 19.1. The van der Waals surface area contributed by atoms with Crippen LogP contribution in [0.1, 0.15) is 81.1 Å². The zero-order valence-electron chi connectivity index (χ0n) is 23.8. The maximum Gasteiger partial charge on any atom is 0.220 e. The minimum absolute atomic E-state index is 0.000463. The number of rotatable bonds is 4. The Morgan fingerprint density at radius 2 is 1.52 bits per heavy atom. The second-order valence-corrected chi connectivity index (χ2v) is 11.8. The van der Waals surface area contributed by atoms with Crippen molar-refractivity contribution in [3.8, 4) is 11.1 Å². The maximum atomic E-state index is 13.6. The Kier molecular flexibility index (Phi) is 11.8. The number of benzene rings is 2. The first kappa shape index (κ1) is 31.8. The highest BCUT2D eigenvalue weighted by Crippen LogP contribution is 2.38. The van der Waals surface area contributed by atoms with Crippen LogP contribution in [0.5, 0.6) is 0 Å². The van der Waals surface area contributed by atoms with Crippen LogP contribution >= 0.6 is 22.9 Å². The van der Waals surface area contributed by atoms with Crippen LogP contribution in [0.3, 0.4) is 0 Å². The molecule has 1 aliphatic rings. The molecule has 4 aromatic rings. The van der Waals surface area contributed by atoms with Crippen LogP contribution in [0, 0.1) is 29.4 Å². The van der Waals surface area contributed by atoms with Gasteiger partial charge in [0.2, 0.25) is 5.95 Å². The molecule has 2 aromatic carbocycles. The van der Waals surface area contributed by atoms with Crippen molar-refractivity contribution in [2.75, 3.05) is 0 Å². The van der Waals surface area contributed by atoms with Gasteiger partial charge in [0.05, 0.1) is 20.0 Å². The average molecular weight is 588 g/mol. The van der Waals surface area contributed by atoms with Gasteiger partial charge in [0.25, 0.3) is 0 Å². The van der Waals surface area contributed by atoms with E-state index in [4.69, 9.17) is 11.6 Å². The molecule has 1 aliphatic carbocycles. The highest BCUT2D eigenvalue weighted by Gasteiger charge is 2.19. The van der Waals surface area contributed by atoms with Crippen molar-refractivity contribution in [1.82, 2.24) is 4.98 Å². The van der Waals surface area contributed by atoms with Crippen molar-refractivity contribution in [3.63, 3.8) is 0 Å². The maximum absolute atomic E-state index is 13.6. The topological polar surface area (TPSA) is 30.0 Å².